The standard InChI is InChI=1S/C11H23NO2/c1-9(13-3)4-5-11(12-2)10-6-7-14-8-10/h9-12H,4-8H2,1-3H3. The lowest BCUT2D eigenvalue weighted by Gasteiger charge is -2.23. The van der Waals surface area contributed by atoms with Crippen LogP contribution in [0.3, 0.4) is 0 Å². The molecule has 0 aromatic heterocycles. The smallest absolute Gasteiger partial charge is 0.0543 e. The Morgan fingerprint density at radius 1 is 1.50 bits per heavy atom. The first kappa shape index (κ1) is 12.0. The third kappa shape index (κ3) is 3.56. The molecule has 3 heteroatoms. The lowest BCUT2D eigenvalue weighted by atomic mass is 9.94. The average Bonchev–Trinajstić information content (AvgIpc) is 2.72. The van der Waals surface area contributed by atoms with Crippen LogP contribution in [0.5, 0.6) is 0 Å². The van der Waals surface area contributed by atoms with E-state index in [1.54, 1.807) is 7.11 Å². The third-order valence-corrected chi connectivity index (χ3v) is 3.19. The van der Waals surface area contributed by atoms with Crippen LogP contribution in [0.25, 0.3) is 0 Å². The van der Waals surface area contributed by atoms with Gasteiger partial charge in [-0.05, 0) is 39.2 Å². The van der Waals surface area contributed by atoms with Crippen LogP contribution in [-0.2, 0) is 9.47 Å². The Labute approximate surface area is 87.2 Å². The largest absolute Gasteiger partial charge is 0.382 e. The zero-order valence-corrected chi connectivity index (χ0v) is 9.58. The molecule has 1 rings (SSSR count). The van der Waals surface area contributed by atoms with Crippen LogP contribution in [0.1, 0.15) is 26.2 Å². The van der Waals surface area contributed by atoms with Gasteiger partial charge in [-0.2, -0.15) is 0 Å². The fourth-order valence-electron chi connectivity index (χ4n) is 2.02. The van der Waals surface area contributed by atoms with Crippen molar-refractivity contribution in [3.63, 3.8) is 0 Å². The molecule has 3 atom stereocenters. The Morgan fingerprint density at radius 2 is 2.29 bits per heavy atom. The maximum atomic E-state index is 5.40. The predicted molar refractivity (Wildman–Crippen MR) is 57.5 cm³/mol. The molecule has 84 valence electrons. The van der Waals surface area contributed by atoms with Gasteiger partial charge in [0, 0.05) is 19.8 Å². The van der Waals surface area contributed by atoms with Crippen molar-refractivity contribution >= 4 is 0 Å². The Morgan fingerprint density at radius 3 is 2.79 bits per heavy atom. The highest BCUT2D eigenvalue weighted by Crippen LogP contribution is 2.20. The fraction of sp³-hybridized carbons (Fsp3) is 1.00. The molecule has 0 aromatic rings. The van der Waals surface area contributed by atoms with Crippen LogP contribution in [0.15, 0.2) is 0 Å². The maximum Gasteiger partial charge on any atom is 0.0543 e. The maximum absolute atomic E-state index is 5.40. The molecule has 1 heterocycles. The molecule has 1 N–H and O–H groups in total. The number of rotatable bonds is 6. The van der Waals surface area contributed by atoms with E-state index in [0.29, 0.717) is 18.1 Å². The summed E-state index contributed by atoms with van der Waals surface area (Å²) in [7, 11) is 3.82. The quantitative estimate of drug-likeness (QED) is 0.705. The first-order valence-electron chi connectivity index (χ1n) is 5.55. The van der Waals surface area contributed by atoms with Crippen LogP contribution in [0, 0.1) is 5.92 Å². The van der Waals surface area contributed by atoms with Crippen LogP contribution >= 0.6 is 0 Å². The van der Waals surface area contributed by atoms with Gasteiger partial charge in [0.25, 0.3) is 0 Å². The van der Waals surface area contributed by atoms with Crippen LogP contribution in [-0.4, -0.2) is 39.5 Å². The molecule has 0 aromatic carbocycles. The summed E-state index contributed by atoms with van der Waals surface area (Å²) >= 11 is 0. The van der Waals surface area contributed by atoms with Crippen molar-refractivity contribution in [2.24, 2.45) is 5.92 Å². The fourth-order valence-corrected chi connectivity index (χ4v) is 2.02. The Kier molecular flexibility index (Phi) is 5.45. The number of hydrogen-bond donors (Lipinski definition) is 1. The van der Waals surface area contributed by atoms with Crippen molar-refractivity contribution in [3.05, 3.63) is 0 Å². The summed E-state index contributed by atoms with van der Waals surface area (Å²) in [5, 5.41) is 3.39. The second-order valence-corrected chi connectivity index (χ2v) is 4.14. The first-order chi connectivity index (χ1) is 6.77. The zero-order valence-electron chi connectivity index (χ0n) is 9.58. The van der Waals surface area contributed by atoms with Crippen molar-refractivity contribution in [1.82, 2.24) is 5.32 Å². The molecule has 0 bridgehead atoms. The highest BCUT2D eigenvalue weighted by atomic mass is 16.5. The SMILES string of the molecule is CNC(CCC(C)OC)C1CCOC1. The summed E-state index contributed by atoms with van der Waals surface area (Å²) < 4.78 is 10.7. The van der Waals surface area contributed by atoms with E-state index in [0.717, 1.165) is 19.6 Å². The van der Waals surface area contributed by atoms with Gasteiger partial charge in [0.05, 0.1) is 12.7 Å². The van der Waals surface area contributed by atoms with E-state index < -0.39 is 0 Å². The number of nitrogens with one attached hydrogen (secondary N) is 1. The first-order valence-corrected chi connectivity index (χ1v) is 5.55. The van der Waals surface area contributed by atoms with Crippen molar-refractivity contribution in [1.29, 1.82) is 0 Å². The minimum atomic E-state index is 0.369. The van der Waals surface area contributed by atoms with Crippen molar-refractivity contribution < 1.29 is 9.47 Å². The lowest BCUT2D eigenvalue weighted by molar-refractivity contribution is 0.102. The molecular weight excluding hydrogens is 178 g/mol. The van der Waals surface area contributed by atoms with E-state index in [1.807, 2.05) is 7.05 Å². The predicted octanol–water partition coefficient (Wildman–Crippen LogP) is 1.43. The molecule has 14 heavy (non-hydrogen) atoms. The summed E-state index contributed by atoms with van der Waals surface area (Å²) in [6, 6.07) is 0.593. The van der Waals surface area contributed by atoms with Gasteiger partial charge in [0.1, 0.15) is 0 Å². The second-order valence-electron chi connectivity index (χ2n) is 4.14. The van der Waals surface area contributed by atoms with E-state index >= 15 is 0 Å². The molecule has 1 saturated heterocycles. The molecule has 0 spiro atoms. The summed E-state index contributed by atoms with van der Waals surface area (Å²) in [6.45, 7) is 3.98. The minimum Gasteiger partial charge on any atom is -0.382 e. The van der Waals surface area contributed by atoms with Gasteiger partial charge >= 0.3 is 0 Å². The van der Waals surface area contributed by atoms with E-state index in [1.165, 1.54) is 12.8 Å². The molecule has 0 saturated carbocycles. The van der Waals surface area contributed by atoms with E-state index in [-0.39, 0.29) is 0 Å². The van der Waals surface area contributed by atoms with Crippen molar-refractivity contribution in [3.8, 4) is 0 Å². The Bertz CT molecular complexity index is 146. The number of methoxy groups -OCH3 is 1. The molecule has 1 aliphatic heterocycles. The second kappa shape index (κ2) is 6.38. The van der Waals surface area contributed by atoms with E-state index in [2.05, 4.69) is 12.2 Å². The van der Waals surface area contributed by atoms with Crippen molar-refractivity contribution in [2.75, 3.05) is 27.4 Å². The highest BCUT2D eigenvalue weighted by molar-refractivity contribution is 4.78. The average molecular weight is 201 g/mol. The zero-order chi connectivity index (χ0) is 10.4. The van der Waals surface area contributed by atoms with Gasteiger partial charge in [-0.15, -0.1) is 0 Å². The van der Waals surface area contributed by atoms with E-state index in [9.17, 15) is 0 Å². The number of ether oxygens (including phenoxy) is 2. The van der Waals surface area contributed by atoms with Gasteiger partial charge in [-0.25, -0.2) is 0 Å². The lowest BCUT2D eigenvalue weighted by Crippen LogP contribution is -2.34. The van der Waals surface area contributed by atoms with Crippen molar-refractivity contribution in [2.45, 2.75) is 38.3 Å². The summed E-state index contributed by atoms with van der Waals surface area (Å²) in [5.74, 6) is 0.698. The normalized spacial score (nSPS) is 26.4. The molecule has 1 fully saturated rings. The van der Waals surface area contributed by atoms with Gasteiger partial charge in [0.2, 0.25) is 0 Å². The molecule has 0 radical (unpaired) electrons. The summed E-state index contributed by atoms with van der Waals surface area (Å²) in [5.41, 5.74) is 0. The Balaban J connectivity index is 2.23. The van der Waals surface area contributed by atoms with Crippen LogP contribution in [0.2, 0.25) is 0 Å². The van der Waals surface area contributed by atoms with Gasteiger partial charge in [-0.3, -0.25) is 0 Å². The molecule has 3 nitrogen and oxygen atoms in total. The monoisotopic (exact) mass is 201 g/mol. The summed E-state index contributed by atoms with van der Waals surface area (Å²) in [4.78, 5) is 0. The third-order valence-electron chi connectivity index (χ3n) is 3.19. The van der Waals surface area contributed by atoms with Gasteiger partial charge in [0.15, 0.2) is 0 Å². The number of hydrogen-bond acceptors (Lipinski definition) is 3. The van der Waals surface area contributed by atoms with Gasteiger partial charge < -0.3 is 14.8 Å². The topological polar surface area (TPSA) is 30.5 Å². The minimum absolute atomic E-state index is 0.369. The highest BCUT2D eigenvalue weighted by Gasteiger charge is 2.24. The molecular formula is C11H23NO2. The van der Waals surface area contributed by atoms with E-state index in [4.69, 9.17) is 9.47 Å². The van der Waals surface area contributed by atoms with Crippen LogP contribution in [0.4, 0.5) is 0 Å². The molecule has 0 amide bonds. The summed E-state index contributed by atoms with van der Waals surface area (Å²) in [6.07, 6.45) is 3.87. The molecule has 0 aliphatic carbocycles. The van der Waals surface area contributed by atoms with Crippen LogP contribution < -0.4 is 5.32 Å². The molecule has 1 aliphatic rings. The molecule has 3 unspecified atom stereocenters. The Hall–Kier alpha value is -0.120. The van der Waals surface area contributed by atoms with Gasteiger partial charge in [-0.1, -0.05) is 0 Å².